The number of ether oxygens (including phenoxy) is 1. The van der Waals surface area contributed by atoms with E-state index in [0.717, 1.165) is 44.1 Å². The number of nitrogens with zero attached hydrogens (tertiary/aromatic N) is 2. The van der Waals surface area contributed by atoms with E-state index in [1.807, 2.05) is 24.3 Å². The number of aromatic nitrogens is 1. The van der Waals surface area contributed by atoms with Gasteiger partial charge in [-0.25, -0.2) is 0 Å². The molecule has 0 radical (unpaired) electrons. The van der Waals surface area contributed by atoms with E-state index >= 15 is 0 Å². The molecule has 1 aliphatic rings. The second-order valence-corrected chi connectivity index (χ2v) is 5.70. The lowest BCUT2D eigenvalue weighted by Gasteiger charge is -2.27. The summed E-state index contributed by atoms with van der Waals surface area (Å²) in [6, 6.07) is 7.87. The van der Waals surface area contributed by atoms with E-state index in [2.05, 4.69) is 15.4 Å². The Kier molecular flexibility index (Phi) is 4.73. The number of carbonyl (C=O) groups is 1. The molecule has 6 nitrogen and oxygen atoms in total. The molecular formula is C17H21N3O3. The molecule has 1 aliphatic heterocycles. The third-order valence-electron chi connectivity index (χ3n) is 4.02. The first-order valence-corrected chi connectivity index (χ1v) is 7.77. The van der Waals surface area contributed by atoms with E-state index in [1.165, 1.54) is 0 Å². The third kappa shape index (κ3) is 3.60. The fourth-order valence-electron chi connectivity index (χ4n) is 2.77. The first kappa shape index (κ1) is 15.7. The van der Waals surface area contributed by atoms with Crippen LogP contribution < -0.4 is 5.32 Å². The molecule has 0 saturated carbocycles. The molecule has 2 aromatic rings. The molecule has 2 heterocycles. The molecule has 6 heteroatoms. The van der Waals surface area contributed by atoms with Crippen LogP contribution >= 0.6 is 0 Å². The maximum Gasteiger partial charge on any atom is 0.261 e. The highest BCUT2D eigenvalue weighted by atomic mass is 16.5. The lowest BCUT2D eigenvalue weighted by Crippen LogP contribution is -2.35. The molecule has 0 unspecified atom stereocenters. The molecular weight excluding hydrogens is 294 g/mol. The summed E-state index contributed by atoms with van der Waals surface area (Å²) in [4.78, 5) is 14.8. The third-order valence-corrected chi connectivity index (χ3v) is 4.02. The van der Waals surface area contributed by atoms with Gasteiger partial charge in [0.05, 0.1) is 18.9 Å². The molecule has 1 fully saturated rings. The lowest BCUT2D eigenvalue weighted by atomic mass is 10.1. The predicted molar refractivity (Wildman–Crippen MR) is 86.5 cm³/mol. The largest absolute Gasteiger partial charge is 0.379 e. The standard InChI is InChI=1S/C17H21N3O3/c1-12-16(13(2)23-19-12)17(21)18-15-6-4-3-5-14(15)11-20-7-9-22-10-8-20/h3-6H,7-11H2,1-2H3,(H,18,21). The molecule has 0 atom stereocenters. The summed E-state index contributed by atoms with van der Waals surface area (Å²) in [5.74, 6) is 0.348. The van der Waals surface area contributed by atoms with Crippen LogP contribution in [0, 0.1) is 13.8 Å². The molecule has 1 aromatic carbocycles. The zero-order chi connectivity index (χ0) is 16.2. The Hall–Kier alpha value is -2.18. The Bertz CT molecular complexity index is 671. The van der Waals surface area contributed by atoms with Crippen molar-refractivity contribution in [3.8, 4) is 0 Å². The Morgan fingerprint density at radius 1 is 1.26 bits per heavy atom. The second kappa shape index (κ2) is 6.93. The minimum absolute atomic E-state index is 0.185. The van der Waals surface area contributed by atoms with Gasteiger partial charge < -0.3 is 14.6 Å². The van der Waals surface area contributed by atoms with E-state index in [4.69, 9.17) is 9.26 Å². The molecule has 23 heavy (non-hydrogen) atoms. The van der Waals surface area contributed by atoms with Gasteiger partial charge in [0, 0.05) is 25.3 Å². The highest BCUT2D eigenvalue weighted by Gasteiger charge is 2.19. The van der Waals surface area contributed by atoms with Crippen LogP contribution in [0.25, 0.3) is 0 Å². The highest BCUT2D eigenvalue weighted by Crippen LogP contribution is 2.20. The van der Waals surface area contributed by atoms with Crippen molar-refractivity contribution in [3.05, 3.63) is 46.8 Å². The summed E-state index contributed by atoms with van der Waals surface area (Å²) in [5.41, 5.74) is 3.02. The molecule has 0 aliphatic carbocycles. The van der Waals surface area contributed by atoms with Crippen molar-refractivity contribution in [2.75, 3.05) is 31.6 Å². The summed E-state index contributed by atoms with van der Waals surface area (Å²) in [5, 5.41) is 6.82. The van der Waals surface area contributed by atoms with Crippen LogP contribution in [0.15, 0.2) is 28.8 Å². The summed E-state index contributed by atoms with van der Waals surface area (Å²) in [6.07, 6.45) is 0. The molecule has 0 spiro atoms. The Balaban J connectivity index is 1.76. The van der Waals surface area contributed by atoms with Crippen molar-refractivity contribution in [3.63, 3.8) is 0 Å². The van der Waals surface area contributed by atoms with Crippen LogP contribution in [0.3, 0.4) is 0 Å². The van der Waals surface area contributed by atoms with E-state index in [1.54, 1.807) is 13.8 Å². The van der Waals surface area contributed by atoms with Gasteiger partial charge in [0.2, 0.25) is 0 Å². The summed E-state index contributed by atoms with van der Waals surface area (Å²) < 4.78 is 10.5. The molecule has 3 rings (SSSR count). The van der Waals surface area contributed by atoms with Gasteiger partial charge >= 0.3 is 0 Å². The predicted octanol–water partition coefficient (Wildman–Crippen LogP) is 2.38. The molecule has 122 valence electrons. The molecule has 1 amide bonds. The van der Waals surface area contributed by atoms with Gasteiger partial charge in [-0.05, 0) is 25.5 Å². The number of hydrogen-bond acceptors (Lipinski definition) is 5. The second-order valence-electron chi connectivity index (χ2n) is 5.70. The van der Waals surface area contributed by atoms with Crippen molar-refractivity contribution in [1.29, 1.82) is 0 Å². The van der Waals surface area contributed by atoms with Crippen LogP contribution in [-0.4, -0.2) is 42.3 Å². The number of para-hydroxylation sites is 1. The SMILES string of the molecule is Cc1noc(C)c1C(=O)Nc1ccccc1CN1CCOCC1. The monoisotopic (exact) mass is 315 g/mol. The normalized spacial score (nSPS) is 15.6. The quantitative estimate of drug-likeness (QED) is 0.938. The first-order valence-electron chi connectivity index (χ1n) is 7.77. The smallest absolute Gasteiger partial charge is 0.261 e. The molecule has 1 N–H and O–H groups in total. The van der Waals surface area contributed by atoms with Gasteiger partial charge in [-0.2, -0.15) is 0 Å². The van der Waals surface area contributed by atoms with E-state index in [9.17, 15) is 4.79 Å². The number of rotatable bonds is 4. The number of amides is 1. The fourth-order valence-corrected chi connectivity index (χ4v) is 2.77. The van der Waals surface area contributed by atoms with Gasteiger partial charge in [0.15, 0.2) is 0 Å². The number of benzene rings is 1. The minimum atomic E-state index is -0.185. The van der Waals surface area contributed by atoms with Crippen molar-refractivity contribution >= 4 is 11.6 Å². The topological polar surface area (TPSA) is 67.6 Å². The average Bonchev–Trinajstić information content (AvgIpc) is 2.89. The van der Waals surface area contributed by atoms with Crippen LogP contribution in [0.5, 0.6) is 0 Å². The lowest BCUT2D eigenvalue weighted by molar-refractivity contribution is 0.0342. The Labute approximate surface area is 135 Å². The number of nitrogens with one attached hydrogen (secondary N) is 1. The fraction of sp³-hybridized carbons (Fsp3) is 0.412. The Morgan fingerprint density at radius 3 is 2.70 bits per heavy atom. The number of morpholine rings is 1. The van der Waals surface area contributed by atoms with Gasteiger partial charge in [-0.1, -0.05) is 23.4 Å². The maximum atomic E-state index is 12.5. The zero-order valence-corrected chi connectivity index (χ0v) is 13.5. The number of carbonyl (C=O) groups excluding carboxylic acids is 1. The van der Waals surface area contributed by atoms with Crippen LogP contribution in [0.4, 0.5) is 5.69 Å². The highest BCUT2D eigenvalue weighted by molar-refractivity contribution is 6.06. The van der Waals surface area contributed by atoms with Gasteiger partial charge in [-0.3, -0.25) is 9.69 Å². The van der Waals surface area contributed by atoms with E-state index < -0.39 is 0 Å². The number of aryl methyl sites for hydroxylation is 2. The van der Waals surface area contributed by atoms with Gasteiger partial charge in [0.25, 0.3) is 5.91 Å². The van der Waals surface area contributed by atoms with Gasteiger partial charge in [-0.15, -0.1) is 0 Å². The number of anilines is 1. The summed E-state index contributed by atoms with van der Waals surface area (Å²) in [6.45, 7) is 7.64. The van der Waals surface area contributed by atoms with Crippen molar-refractivity contribution in [2.45, 2.75) is 20.4 Å². The van der Waals surface area contributed by atoms with Crippen molar-refractivity contribution in [2.24, 2.45) is 0 Å². The average molecular weight is 315 g/mol. The van der Waals surface area contributed by atoms with Crippen molar-refractivity contribution in [1.82, 2.24) is 10.1 Å². The summed E-state index contributed by atoms with van der Waals surface area (Å²) in [7, 11) is 0. The molecule has 1 aromatic heterocycles. The van der Waals surface area contributed by atoms with Crippen LogP contribution in [0.1, 0.15) is 27.4 Å². The maximum absolute atomic E-state index is 12.5. The molecule has 1 saturated heterocycles. The first-order chi connectivity index (χ1) is 11.1. The van der Waals surface area contributed by atoms with E-state index in [0.29, 0.717) is 17.0 Å². The number of hydrogen-bond donors (Lipinski definition) is 1. The van der Waals surface area contributed by atoms with E-state index in [-0.39, 0.29) is 5.91 Å². The van der Waals surface area contributed by atoms with Gasteiger partial charge in [0.1, 0.15) is 11.3 Å². The van der Waals surface area contributed by atoms with Crippen molar-refractivity contribution < 1.29 is 14.1 Å². The van der Waals surface area contributed by atoms with Crippen LogP contribution in [-0.2, 0) is 11.3 Å². The molecule has 0 bridgehead atoms. The minimum Gasteiger partial charge on any atom is -0.379 e. The summed E-state index contributed by atoms with van der Waals surface area (Å²) >= 11 is 0. The van der Waals surface area contributed by atoms with Crippen LogP contribution in [0.2, 0.25) is 0 Å². The zero-order valence-electron chi connectivity index (χ0n) is 13.5. The Morgan fingerprint density at radius 2 is 2.00 bits per heavy atom.